The van der Waals surface area contributed by atoms with Gasteiger partial charge in [-0.15, -0.1) is 0 Å². The van der Waals surface area contributed by atoms with Gasteiger partial charge < -0.3 is 4.42 Å². The first-order valence-corrected chi connectivity index (χ1v) is 9.98. The number of aryl methyl sites for hydroxylation is 1. The zero-order valence-electron chi connectivity index (χ0n) is 14.8. The van der Waals surface area contributed by atoms with E-state index in [1.807, 2.05) is 24.3 Å². The Kier molecular flexibility index (Phi) is 4.81. The van der Waals surface area contributed by atoms with Crippen molar-refractivity contribution in [3.05, 3.63) is 57.1 Å². The molecule has 0 saturated heterocycles. The van der Waals surface area contributed by atoms with Crippen LogP contribution in [0.25, 0.3) is 27.6 Å². The number of furan rings is 1. The van der Waals surface area contributed by atoms with E-state index in [4.69, 9.17) is 4.42 Å². The first kappa shape index (κ1) is 17.3. The standard InChI is InChI=1S/C21H21BrN2O2/c1-2-3-7-12-24-19-16-13-15(22)10-11-17(16)26-20(19)18(23-21(24)25)14-8-5-4-6-9-14/h5,8-11,13H,2-4,6-7,12H2,1H3. The molecule has 2 heterocycles. The molecule has 0 spiro atoms. The van der Waals surface area contributed by atoms with Gasteiger partial charge in [0.15, 0.2) is 5.58 Å². The number of allylic oxidation sites excluding steroid dienone is 4. The van der Waals surface area contributed by atoms with E-state index in [2.05, 4.69) is 40.0 Å². The van der Waals surface area contributed by atoms with E-state index < -0.39 is 0 Å². The molecule has 1 aliphatic rings. The highest BCUT2D eigenvalue weighted by Crippen LogP contribution is 2.34. The molecule has 1 aliphatic carbocycles. The van der Waals surface area contributed by atoms with Crippen LogP contribution in [0.3, 0.4) is 0 Å². The Morgan fingerprint density at radius 3 is 2.92 bits per heavy atom. The maximum atomic E-state index is 12.9. The van der Waals surface area contributed by atoms with Crippen LogP contribution in [0.2, 0.25) is 0 Å². The van der Waals surface area contributed by atoms with Crippen LogP contribution in [-0.2, 0) is 6.54 Å². The monoisotopic (exact) mass is 412 g/mol. The van der Waals surface area contributed by atoms with Gasteiger partial charge in [-0.3, -0.25) is 4.57 Å². The maximum absolute atomic E-state index is 12.9. The quantitative estimate of drug-likeness (QED) is 0.495. The Bertz CT molecular complexity index is 1090. The number of benzene rings is 1. The fourth-order valence-corrected chi connectivity index (χ4v) is 3.86. The molecule has 0 radical (unpaired) electrons. The van der Waals surface area contributed by atoms with E-state index >= 15 is 0 Å². The average Bonchev–Trinajstić information content (AvgIpc) is 3.02. The van der Waals surface area contributed by atoms with Crippen molar-refractivity contribution in [1.82, 2.24) is 9.55 Å². The van der Waals surface area contributed by atoms with Crippen molar-refractivity contribution < 1.29 is 4.42 Å². The van der Waals surface area contributed by atoms with Gasteiger partial charge in [0.05, 0.1) is 0 Å². The molecule has 4 rings (SSSR count). The van der Waals surface area contributed by atoms with Crippen molar-refractivity contribution in [2.24, 2.45) is 0 Å². The number of halogens is 1. The Balaban J connectivity index is 2.02. The molecule has 134 valence electrons. The van der Waals surface area contributed by atoms with Gasteiger partial charge in [0.2, 0.25) is 0 Å². The summed E-state index contributed by atoms with van der Waals surface area (Å²) in [5, 5.41) is 0.951. The molecule has 0 saturated carbocycles. The molecule has 3 aromatic rings. The van der Waals surface area contributed by atoms with E-state index in [9.17, 15) is 4.79 Å². The number of unbranched alkanes of at least 4 members (excludes halogenated alkanes) is 2. The lowest BCUT2D eigenvalue weighted by atomic mass is 10.0. The molecule has 0 atom stereocenters. The molecule has 26 heavy (non-hydrogen) atoms. The van der Waals surface area contributed by atoms with Crippen LogP contribution >= 0.6 is 15.9 Å². The third-order valence-electron chi connectivity index (χ3n) is 4.80. The highest BCUT2D eigenvalue weighted by Gasteiger charge is 2.20. The third kappa shape index (κ3) is 3.05. The summed E-state index contributed by atoms with van der Waals surface area (Å²) in [6.45, 7) is 2.82. The van der Waals surface area contributed by atoms with Gasteiger partial charge in [-0.1, -0.05) is 53.9 Å². The summed E-state index contributed by atoms with van der Waals surface area (Å²) in [4.78, 5) is 17.3. The average molecular weight is 413 g/mol. The van der Waals surface area contributed by atoms with E-state index in [0.29, 0.717) is 17.8 Å². The van der Waals surface area contributed by atoms with Gasteiger partial charge in [-0.2, -0.15) is 4.98 Å². The van der Waals surface area contributed by atoms with Crippen molar-refractivity contribution in [2.75, 3.05) is 0 Å². The van der Waals surface area contributed by atoms with Crippen LogP contribution in [0.5, 0.6) is 0 Å². The smallest absolute Gasteiger partial charge is 0.348 e. The lowest BCUT2D eigenvalue weighted by Gasteiger charge is -2.11. The minimum absolute atomic E-state index is 0.203. The van der Waals surface area contributed by atoms with E-state index in [1.165, 1.54) is 0 Å². The van der Waals surface area contributed by atoms with Gasteiger partial charge in [0.25, 0.3) is 0 Å². The van der Waals surface area contributed by atoms with Crippen molar-refractivity contribution in [1.29, 1.82) is 0 Å². The van der Waals surface area contributed by atoms with Gasteiger partial charge in [-0.05, 0) is 43.0 Å². The fourth-order valence-electron chi connectivity index (χ4n) is 3.50. The summed E-state index contributed by atoms with van der Waals surface area (Å²) >= 11 is 3.54. The normalized spacial score (nSPS) is 14.3. The molecule has 0 aliphatic heterocycles. The van der Waals surface area contributed by atoms with Crippen molar-refractivity contribution >= 4 is 43.6 Å². The lowest BCUT2D eigenvalue weighted by molar-refractivity contribution is 0.587. The number of hydrogen-bond donors (Lipinski definition) is 0. The van der Waals surface area contributed by atoms with Crippen molar-refractivity contribution in [3.63, 3.8) is 0 Å². The van der Waals surface area contributed by atoms with Gasteiger partial charge in [0, 0.05) is 16.4 Å². The fraction of sp³-hybridized carbons (Fsp3) is 0.333. The van der Waals surface area contributed by atoms with Gasteiger partial charge in [0.1, 0.15) is 16.8 Å². The van der Waals surface area contributed by atoms with Gasteiger partial charge >= 0.3 is 5.69 Å². The molecule has 5 heteroatoms. The Morgan fingerprint density at radius 1 is 1.27 bits per heavy atom. The van der Waals surface area contributed by atoms with Crippen LogP contribution < -0.4 is 5.69 Å². The maximum Gasteiger partial charge on any atom is 0.348 e. The molecular weight excluding hydrogens is 392 g/mol. The number of nitrogens with zero attached hydrogens (tertiary/aromatic N) is 2. The first-order valence-electron chi connectivity index (χ1n) is 9.18. The lowest BCUT2D eigenvalue weighted by Crippen LogP contribution is -2.24. The van der Waals surface area contributed by atoms with Crippen molar-refractivity contribution in [3.8, 4) is 0 Å². The number of aromatic nitrogens is 2. The highest BCUT2D eigenvalue weighted by molar-refractivity contribution is 9.10. The molecule has 0 N–H and O–H groups in total. The Morgan fingerprint density at radius 2 is 2.15 bits per heavy atom. The van der Waals surface area contributed by atoms with Gasteiger partial charge in [-0.25, -0.2) is 4.79 Å². The topological polar surface area (TPSA) is 48.0 Å². The third-order valence-corrected chi connectivity index (χ3v) is 5.29. The highest BCUT2D eigenvalue weighted by atomic mass is 79.9. The summed E-state index contributed by atoms with van der Waals surface area (Å²) in [7, 11) is 0. The summed E-state index contributed by atoms with van der Waals surface area (Å²) < 4.78 is 8.92. The second-order valence-corrected chi connectivity index (χ2v) is 7.58. The second kappa shape index (κ2) is 7.23. The van der Waals surface area contributed by atoms with Crippen LogP contribution in [0, 0.1) is 0 Å². The number of fused-ring (bicyclic) bond motifs is 3. The molecule has 0 fully saturated rings. The molecule has 0 unspecified atom stereocenters. The molecule has 0 bridgehead atoms. The summed E-state index contributed by atoms with van der Waals surface area (Å²) in [5.41, 5.74) is 3.75. The van der Waals surface area contributed by atoms with Crippen molar-refractivity contribution in [2.45, 2.75) is 45.6 Å². The first-order chi connectivity index (χ1) is 12.7. The molecule has 4 nitrogen and oxygen atoms in total. The minimum atomic E-state index is -0.203. The summed E-state index contributed by atoms with van der Waals surface area (Å²) in [5.74, 6) is 0. The van der Waals surface area contributed by atoms with Crippen LogP contribution in [0.4, 0.5) is 0 Å². The van der Waals surface area contributed by atoms with E-state index in [1.54, 1.807) is 4.57 Å². The number of hydrogen-bond acceptors (Lipinski definition) is 3. The zero-order valence-corrected chi connectivity index (χ0v) is 16.4. The zero-order chi connectivity index (χ0) is 18.1. The Labute approximate surface area is 160 Å². The van der Waals surface area contributed by atoms with E-state index in [-0.39, 0.29) is 5.69 Å². The summed E-state index contributed by atoms with van der Waals surface area (Å²) in [6.07, 6.45) is 11.4. The predicted molar refractivity (Wildman–Crippen MR) is 109 cm³/mol. The molecule has 0 amide bonds. The molecular formula is C21H21BrN2O2. The van der Waals surface area contributed by atoms with Crippen LogP contribution in [0.1, 0.15) is 44.7 Å². The summed E-state index contributed by atoms with van der Waals surface area (Å²) in [6, 6.07) is 5.91. The molecule has 2 aromatic heterocycles. The molecule has 1 aromatic carbocycles. The van der Waals surface area contributed by atoms with Crippen LogP contribution in [-0.4, -0.2) is 9.55 Å². The number of rotatable bonds is 5. The predicted octanol–water partition coefficient (Wildman–Crippen LogP) is 5.83. The minimum Gasteiger partial charge on any atom is -0.452 e. The second-order valence-electron chi connectivity index (χ2n) is 6.66. The Hall–Kier alpha value is -2.14. The largest absolute Gasteiger partial charge is 0.452 e. The van der Waals surface area contributed by atoms with Crippen LogP contribution in [0.15, 0.2) is 50.1 Å². The van der Waals surface area contributed by atoms with E-state index in [0.717, 1.165) is 58.6 Å². The SMILES string of the molecule is CCCCCn1c(=O)nc(C2=CCCC=C2)c2oc3ccc(Br)cc3c21.